The number of nitro benzene ring substituents is 1. The maximum absolute atomic E-state index is 10.6. The van der Waals surface area contributed by atoms with Crippen molar-refractivity contribution in [3.63, 3.8) is 0 Å². The Morgan fingerprint density at radius 3 is 2.73 bits per heavy atom. The summed E-state index contributed by atoms with van der Waals surface area (Å²) in [6.45, 7) is 2.34. The van der Waals surface area contributed by atoms with Crippen LogP contribution in [0.25, 0.3) is 0 Å². The van der Waals surface area contributed by atoms with Gasteiger partial charge in [-0.3, -0.25) is 10.1 Å². The van der Waals surface area contributed by atoms with Crippen LogP contribution in [0.3, 0.4) is 0 Å². The second kappa shape index (κ2) is 4.41. The zero-order chi connectivity index (χ0) is 11.4. The normalized spacial score (nSPS) is 9.67. The summed E-state index contributed by atoms with van der Waals surface area (Å²) in [5.74, 6) is -1.18. The van der Waals surface area contributed by atoms with E-state index in [1.54, 1.807) is 6.92 Å². The zero-order valence-electron chi connectivity index (χ0n) is 8.06. The monoisotopic (exact) mass is 210 g/mol. The molecular formula is C9H10N2O4. The molecule has 1 rings (SSSR count). The second-order valence-corrected chi connectivity index (χ2v) is 2.82. The van der Waals surface area contributed by atoms with Gasteiger partial charge in [-0.05, 0) is 19.1 Å². The van der Waals surface area contributed by atoms with E-state index in [-0.39, 0.29) is 11.3 Å². The molecule has 0 unspecified atom stereocenters. The van der Waals surface area contributed by atoms with Crippen LogP contribution in [0.2, 0.25) is 0 Å². The third kappa shape index (κ3) is 2.43. The molecule has 0 amide bonds. The van der Waals surface area contributed by atoms with Crippen molar-refractivity contribution in [1.29, 1.82) is 0 Å². The van der Waals surface area contributed by atoms with E-state index in [2.05, 4.69) is 5.32 Å². The Kier molecular flexibility index (Phi) is 3.22. The average Bonchev–Trinajstić information content (AvgIpc) is 2.18. The van der Waals surface area contributed by atoms with Gasteiger partial charge in [-0.2, -0.15) is 0 Å². The first-order valence-corrected chi connectivity index (χ1v) is 4.32. The summed E-state index contributed by atoms with van der Waals surface area (Å²) >= 11 is 0. The molecule has 6 heteroatoms. The number of hydrogen-bond acceptors (Lipinski definition) is 4. The molecule has 0 spiro atoms. The molecule has 0 aliphatic rings. The summed E-state index contributed by atoms with van der Waals surface area (Å²) in [7, 11) is 0. The molecule has 0 heterocycles. The van der Waals surface area contributed by atoms with E-state index in [9.17, 15) is 14.9 Å². The molecule has 0 radical (unpaired) electrons. The van der Waals surface area contributed by atoms with E-state index < -0.39 is 10.9 Å². The second-order valence-electron chi connectivity index (χ2n) is 2.82. The Labute approximate surface area is 85.7 Å². The van der Waals surface area contributed by atoms with E-state index in [4.69, 9.17) is 5.11 Å². The van der Waals surface area contributed by atoms with E-state index in [0.717, 1.165) is 6.07 Å². The lowest BCUT2D eigenvalue weighted by Crippen LogP contribution is -2.03. The van der Waals surface area contributed by atoms with Crippen molar-refractivity contribution in [2.24, 2.45) is 0 Å². The molecule has 2 N–H and O–H groups in total. The molecule has 0 aromatic heterocycles. The Morgan fingerprint density at radius 2 is 2.27 bits per heavy atom. The molecule has 80 valence electrons. The number of nitro groups is 1. The number of benzene rings is 1. The van der Waals surface area contributed by atoms with Crippen LogP contribution in [0.5, 0.6) is 0 Å². The fourth-order valence-electron chi connectivity index (χ4n) is 1.16. The van der Waals surface area contributed by atoms with Gasteiger partial charge in [0.05, 0.1) is 10.5 Å². The lowest BCUT2D eigenvalue weighted by Gasteiger charge is -2.04. The van der Waals surface area contributed by atoms with Gasteiger partial charge < -0.3 is 10.4 Å². The number of hydrogen-bond donors (Lipinski definition) is 2. The van der Waals surface area contributed by atoms with Crippen molar-refractivity contribution >= 4 is 17.3 Å². The fourth-order valence-corrected chi connectivity index (χ4v) is 1.16. The van der Waals surface area contributed by atoms with Crippen molar-refractivity contribution in [2.45, 2.75) is 6.92 Å². The van der Waals surface area contributed by atoms with Crippen LogP contribution in [0.4, 0.5) is 11.4 Å². The molecule has 0 saturated heterocycles. The fraction of sp³-hybridized carbons (Fsp3) is 0.222. The van der Waals surface area contributed by atoms with Gasteiger partial charge in [-0.25, -0.2) is 4.79 Å². The first-order valence-electron chi connectivity index (χ1n) is 4.32. The predicted molar refractivity (Wildman–Crippen MR) is 54.2 cm³/mol. The molecule has 0 fully saturated rings. The minimum atomic E-state index is -1.18. The van der Waals surface area contributed by atoms with Crippen LogP contribution >= 0.6 is 0 Å². The molecule has 1 aromatic carbocycles. The van der Waals surface area contributed by atoms with Gasteiger partial charge in [0.2, 0.25) is 0 Å². The maximum Gasteiger partial charge on any atom is 0.335 e. The smallest absolute Gasteiger partial charge is 0.335 e. The van der Waals surface area contributed by atoms with Crippen LogP contribution in [0, 0.1) is 10.1 Å². The van der Waals surface area contributed by atoms with E-state index in [1.165, 1.54) is 12.1 Å². The van der Waals surface area contributed by atoms with E-state index >= 15 is 0 Å². The summed E-state index contributed by atoms with van der Waals surface area (Å²) in [6.07, 6.45) is 0. The number of nitrogens with one attached hydrogen (secondary N) is 1. The minimum absolute atomic E-state index is 0.0941. The molecule has 6 nitrogen and oxygen atoms in total. The molecule has 0 atom stereocenters. The summed E-state index contributed by atoms with van der Waals surface area (Å²) in [4.78, 5) is 20.6. The highest BCUT2D eigenvalue weighted by Gasteiger charge is 2.16. The van der Waals surface area contributed by atoms with Gasteiger partial charge in [0.1, 0.15) is 5.69 Å². The van der Waals surface area contributed by atoms with Crippen LogP contribution < -0.4 is 5.32 Å². The highest BCUT2D eigenvalue weighted by atomic mass is 16.6. The summed E-state index contributed by atoms with van der Waals surface area (Å²) in [5.41, 5.74) is 0.00704. The van der Waals surface area contributed by atoms with Gasteiger partial charge >= 0.3 is 5.97 Å². The van der Waals surface area contributed by atoms with Crippen LogP contribution in [-0.2, 0) is 0 Å². The van der Waals surface area contributed by atoms with Gasteiger partial charge in [0.25, 0.3) is 5.69 Å². The third-order valence-electron chi connectivity index (χ3n) is 1.81. The summed E-state index contributed by atoms with van der Waals surface area (Å²) in [6, 6.07) is 3.76. The Morgan fingerprint density at radius 1 is 1.60 bits per heavy atom. The first kappa shape index (κ1) is 11.0. The van der Waals surface area contributed by atoms with Crippen molar-refractivity contribution in [3.8, 4) is 0 Å². The average molecular weight is 210 g/mol. The molecule has 0 saturated carbocycles. The van der Waals surface area contributed by atoms with Gasteiger partial charge in [0, 0.05) is 12.6 Å². The van der Waals surface area contributed by atoms with Crippen molar-refractivity contribution in [1.82, 2.24) is 0 Å². The maximum atomic E-state index is 10.6. The van der Waals surface area contributed by atoms with Crippen LogP contribution in [0.15, 0.2) is 18.2 Å². The van der Waals surface area contributed by atoms with Gasteiger partial charge in [-0.15, -0.1) is 0 Å². The van der Waals surface area contributed by atoms with Crippen LogP contribution in [-0.4, -0.2) is 22.5 Å². The summed E-state index contributed by atoms with van der Waals surface area (Å²) < 4.78 is 0. The third-order valence-corrected chi connectivity index (χ3v) is 1.81. The number of nitrogens with zero attached hydrogens (tertiary/aromatic N) is 1. The highest BCUT2D eigenvalue weighted by molar-refractivity contribution is 5.89. The van der Waals surface area contributed by atoms with Gasteiger partial charge in [-0.1, -0.05) is 0 Å². The number of carbonyl (C=O) groups is 1. The van der Waals surface area contributed by atoms with Crippen molar-refractivity contribution in [2.75, 3.05) is 11.9 Å². The molecule has 0 bridgehead atoms. The van der Waals surface area contributed by atoms with Gasteiger partial charge in [0.15, 0.2) is 0 Å². The Bertz CT molecular complexity index is 403. The quantitative estimate of drug-likeness (QED) is 0.583. The largest absolute Gasteiger partial charge is 0.478 e. The molecule has 0 aliphatic heterocycles. The minimum Gasteiger partial charge on any atom is -0.478 e. The molecule has 1 aromatic rings. The topological polar surface area (TPSA) is 92.5 Å². The van der Waals surface area contributed by atoms with Crippen molar-refractivity contribution in [3.05, 3.63) is 33.9 Å². The lowest BCUT2D eigenvalue weighted by molar-refractivity contribution is -0.384. The number of anilines is 1. The first-order chi connectivity index (χ1) is 7.06. The molecule has 0 aliphatic carbocycles. The Balaban J connectivity index is 3.20. The molecular weight excluding hydrogens is 200 g/mol. The number of carboxylic acids is 1. The van der Waals surface area contributed by atoms with E-state index in [0.29, 0.717) is 12.2 Å². The Hall–Kier alpha value is -2.11. The molecule has 15 heavy (non-hydrogen) atoms. The summed E-state index contributed by atoms with van der Waals surface area (Å²) in [5, 5.41) is 22.1. The number of rotatable bonds is 4. The number of aromatic carboxylic acids is 1. The van der Waals surface area contributed by atoms with Crippen LogP contribution in [0.1, 0.15) is 17.3 Å². The lowest BCUT2D eigenvalue weighted by atomic mass is 10.1. The standard InChI is InChI=1S/C9H10N2O4/c1-2-10-7-4-3-6(9(12)13)5-8(7)11(14)15/h3-5,10H,2H2,1H3,(H,12,13). The SMILES string of the molecule is CCNc1ccc(C(=O)O)cc1[N+](=O)[O-]. The predicted octanol–water partition coefficient (Wildman–Crippen LogP) is 1.72. The van der Waals surface area contributed by atoms with Crippen molar-refractivity contribution < 1.29 is 14.8 Å². The van der Waals surface area contributed by atoms with E-state index in [1.807, 2.05) is 0 Å². The number of carboxylic acid groups (broad SMARTS) is 1. The highest BCUT2D eigenvalue weighted by Crippen LogP contribution is 2.25. The zero-order valence-corrected chi connectivity index (χ0v) is 8.06.